The van der Waals surface area contributed by atoms with Gasteiger partial charge in [-0.15, -0.1) is 11.3 Å². The Bertz CT molecular complexity index is 848. The van der Waals surface area contributed by atoms with E-state index >= 15 is 0 Å². The van der Waals surface area contributed by atoms with Gasteiger partial charge in [-0.05, 0) is 58.4 Å². The van der Waals surface area contributed by atoms with Crippen LogP contribution >= 0.6 is 27.3 Å². The average Bonchev–Trinajstić information content (AvgIpc) is 3.01. The van der Waals surface area contributed by atoms with Gasteiger partial charge >= 0.3 is 0 Å². The normalized spacial score (nSPS) is 10.7. The molecule has 2 aromatic heterocycles. The monoisotopic (exact) mass is 401 g/mol. The van der Waals surface area contributed by atoms with Crippen LogP contribution in [-0.4, -0.2) is 15.9 Å². The molecule has 5 nitrogen and oxygen atoms in total. The summed E-state index contributed by atoms with van der Waals surface area (Å²) in [5.41, 5.74) is 0.684. The largest absolute Gasteiger partial charge is 0.438 e. The van der Waals surface area contributed by atoms with Crippen molar-refractivity contribution in [1.82, 2.24) is 9.97 Å². The zero-order valence-corrected chi connectivity index (χ0v) is 14.8. The summed E-state index contributed by atoms with van der Waals surface area (Å²) in [5.74, 6) is 0.842. The van der Waals surface area contributed by atoms with Crippen molar-refractivity contribution in [2.75, 3.05) is 5.32 Å². The third kappa shape index (κ3) is 4.74. The van der Waals surface area contributed by atoms with E-state index in [4.69, 9.17) is 4.74 Å². The minimum atomic E-state index is -0.192. The minimum absolute atomic E-state index is 0.192. The van der Waals surface area contributed by atoms with Gasteiger partial charge in [0, 0.05) is 29.0 Å². The van der Waals surface area contributed by atoms with Gasteiger partial charge in [0.25, 0.3) is 0 Å². The molecule has 2 heterocycles. The maximum absolute atomic E-state index is 11.9. The highest BCUT2D eigenvalue weighted by atomic mass is 79.9. The lowest BCUT2D eigenvalue weighted by Crippen LogP contribution is -2.07. The van der Waals surface area contributed by atoms with Gasteiger partial charge in [0.2, 0.25) is 11.8 Å². The number of hydrogen-bond acceptors (Lipinski definition) is 5. The Morgan fingerprint density at radius 1 is 1.17 bits per heavy atom. The molecule has 3 aromatic rings. The predicted octanol–water partition coefficient (Wildman–Crippen LogP) is 4.74. The van der Waals surface area contributed by atoms with E-state index in [-0.39, 0.29) is 5.91 Å². The number of carbonyl (C=O) groups excluding carboxylic acids is 1. The second-order valence-electron chi connectivity index (χ2n) is 4.63. The first-order valence-electron chi connectivity index (χ1n) is 6.97. The predicted molar refractivity (Wildman–Crippen MR) is 98.2 cm³/mol. The maximum Gasteiger partial charge on any atom is 0.248 e. The summed E-state index contributed by atoms with van der Waals surface area (Å²) in [5, 5.41) is 2.79. The molecule has 3 rings (SSSR count). The number of carbonyl (C=O) groups is 1. The molecule has 120 valence electrons. The lowest BCUT2D eigenvalue weighted by Gasteiger charge is -2.05. The van der Waals surface area contributed by atoms with Crippen LogP contribution < -0.4 is 10.1 Å². The van der Waals surface area contributed by atoms with Gasteiger partial charge in [0.05, 0.1) is 9.98 Å². The van der Waals surface area contributed by atoms with Crippen molar-refractivity contribution in [2.45, 2.75) is 0 Å². The molecule has 0 spiro atoms. The lowest BCUT2D eigenvalue weighted by atomic mass is 10.3. The SMILES string of the molecule is O=C(/C=C/c1ccc(Br)s1)Nc1ccc(Oc2cnccn2)cc1. The molecule has 0 unspecified atom stereocenters. The Hall–Kier alpha value is -2.51. The molecule has 7 heteroatoms. The number of anilines is 1. The average molecular weight is 402 g/mol. The van der Waals surface area contributed by atoms with Crippen LogP contribution in [0.15, 0.2) is 64.9 Å². The summed E-state index contributed by atoms with van der Waals surface area (Å²) in [6, 6.07) is 10.9. The van der Waals surface area contributed by atoms with E-state index in [0.29, 0.717) is 17.3 Å². The zero-order chi connectivity index (χ0) is 16.8. The first kappa shape index (κ1) is 16.4. The fourth-order valence-electron chi connectivity index (χ4n) is 1.82. The molecule has 0 saturated carbocycles. The van der Waals surface area contributed by atoms with Gasteiger partial charge in [-0.3, -0.25) is 9.78 Å². The molecule has 1 aromatic carbocycles. The number of thiophene rings is 1. The summed E-state index contributed by atoms with van der Waals surface area (Å²) in [7, 11) is 0. The molecule has 0 saturated heterocycles. The second-order valence-corrected chi connectivity index (χ2v) is 7.13. The number of nitrogens with one attached hydrogen (secondary N) is 1. The van der Waals surface area contributed by atoms with Crippen LogP contribution in [0.3, 0.4) is 0 Å². The molecule has 24 heavy (non-hydrogen) atoms. The van der Waals surface area contributed by atoms with Crippen molar-refractivity contribution < 1.29 is 9.53 Å². The first-order chi connectivity index (χ1) is 11.7. The number of nitrogens with zero attached hydrogens (tertiary/aromatic N) is 2. The molecular weight excluding hydrogens is 390 g/mol. The molecular formula is C17H12BrN3O2S. The maximum atomic E-state index is 11.9. The van der Waals surface area contributed by atoms with E-state index in [1.54, 1.807) is 54.1 Å². The van der Waals surface area contributed by atoms with Crippen LogP contribution in [0.2, 0.25) is 0 Å². The van der Waals surface area contributed by atoms with Crippen LogP contribution in [0.4, 0.5) is 5.69 Å². The Labute approximate surface area is 151 Å². The van der Waals surface area contributed by atoms with Gasteiger partial charge in [-0.2, -0.15) is 0 Å². The quantitative estimate of drug-likeness (QED) is 0.626. The van der Waals surface area contributed by atoms with E-state index in [9.17, 15) is 4.79 Å². The molecule has 1 N–H and O–H groups in total. The smallest absolute Gasteiger partial charge is 0.248 e. The van der Waals surface area contributed by atoms with Gasteiger partial charge in [-0.25, -0.2) is 4.98 Å². The standard InChI is InChI=1S/C17H12BrN3O2S/c18-15-7-5-14(24-15)6-8-16(22)21-12-1-3-13(4-2-12)23-17-11-19-9-10-20-17/h1-11H,(H,21,22)/b8-6+. The van der Waals surface area contributed by atoms with Crippen LogP contribution in [0.25, 0.3) is 6.08 Å². The summed E-state index contributed by atoms with van der Waals surface area (Å²) >= 11 is 4.95. The van der Waals surface area contributed by atoms with Crippen molar-refractivity contribution in [3.8, 4) is 11.6 Å². The van der Waals surface area contributed by atoms with Gasteiger partial charge in [0.1, 0.15) is 5.75 Å². The minimum Gasteiger partial charge on any atom is -0.438 e. The van der Waals surface area contributed by atoms with E-state index < -0.39 is 0 Å². The van der Waals surface area contributed by atoms with Crippen LogP contribution in [0.5, 0.6) is 11.6 Å². The number of hydrogen-bond donors (Lipinski definition) is 1. The Kier molecular flexibility index (Phi) is 5.35. The van der Waals surface area contributed by atoms with Crippen molar-refractivity contribution in [2.24, 2.45) is 0 Å². The molecule has 0 aliphatic carbocycles. The second kappa shape index (κ2) is 7.85. The molecule has 0 fully saturated rings. The highest BCUT2D eigenvalue weighted by Crippen LogP contribution is 2.23. The molecule has 0 atom stereocenters. The van der Waals surface area contributed by atoms with Crippen molar-refractivity contribution in [1.29, 1.82) is 0 Å². The summed E-state index contributed by atoms with van der Waals surface area (Å²) in [4.78, 5) is 20.9. The topological polar surface area (TPSA) is 64.1 Å². The zero-order valence-electron chi connectivity index (χ0n) is 12.3. The Balaban J connectivity index is 1.57. The Morgan fingerprint density at radius 3 is 2.67 bits per heavy atom. The third-order valence-electron chi connectivity index (χ3n) is 2.88. The molecule has 0 bridgehead atoms. The summed E-state index contributed by atoms with van der Waals surface area (Å²) in [6.45, 7) is 0. The first-order valence-corrected chi connectivity index (χ1v) is 8.58. The highest BCUT2D eigenvalue weighted by Gasteiger charge is 2.01. The van der Waals surface area contributed by atoms with E-state index in [1.807, 2.05) is 12.1 Å². The van der Waals surface area contributed by atoms with Crippen LogP contribution in [0, 0.1) is 0 Å². The molecule has 1 amide bonds. The van der Waals surface area contributed by atoms with Crippen LogP contribution in [0.1, 0.15) is 4.88 Å². The third-order valence-corrected chi connectivity index (χ3v) is 4.47. The molecule has 0 aliphatic rings. The highest BCUT2D eigenvalue weighted by molar-refractivity contribution is 9.11. The van der Waals surface area contributed by atoms with Crippen LogP contribution in [-0.2, 0) is 4.79 Å². The van der Waals surface area contributed by atoms with E-state index in [2.05, 4.69) is 31.2 Å². The van der Waals surface area contributed by atoms with E-state index in [0.717, 1.165) is 8.66 Å². The van der Waals surface area contributed by atoms with Gasteiger partial charge in [-0.1, -0.05) is 0 Å². The number of aromatic nitrogens is 2. The summed E-state index contributed by atoms with van der Waals surface area (Å²) < 4.78 is 6.57. The number of halogens is 1. The van der Waals surface area contributed by atoms with Crippen molar-refractivity contribution in [3.05, 3.63) is 69.7 Å². The fraction of sp³-hybridized carbons (Fsp3) is 0. The number of amides is 1. The molecule has 0 radical (unpaired) electrons. The number of rotatable bonds is 5. The van der Waals surface area contributed by atoms with Gasteiger partial charge < -0.3 is 10.1 Å². The Morgan fingerprint density at radius 2 is 2.00 bits per heavy atom. The van der Waals surface area contributed by atoms with Crippen molar-refractivity contribution in [3.63, 3.8) is 0 Å². The van der Waals surface area contributed by atoms with Crippen molar-refractivity contribution >= 4 is 44.9 Å². The lowest BCUT2D eigenvalue weighted by molar-refractivity contribution is -0.111. The fourth-order valence-corrected chi connectivity index (χ4v) is 3.15. The number of benzene rings is 1. The number of ether oxygens (including phenoxy) is 1. The van der Waals surface area contributed by atoms with Gasteiger partial charge in [0.15, 0.2) is 0 Å². The summed E-state index contributed by atoms with van der Waals surface area (Å²) in [6.07, 6.45) is 7.94. The molecule has 0 aliphatic heterocycles. The van der Waals surface area contributed by atoms with E-state index in [1.165, 1.54) is 12.3 Å².